The molecule has 3 aromatic carbocycles. The van der Waals surface area contributed by atoms with Crippen molar-refractivity contribution in [1.82, 2.24) is 14.8 Å². The molecule has 1 aliphatic heterocycles. The van der Waals surface area contributed by atoms with E-state index in [4.69, 9.17) is 0 Å². The number of benzene rings is 3. The summed E-state index contributed by atoms with van der Waals surface area (Å²) in [4.78, 5) is 17.2. The smallest absolute Gasteiger partial charge is 0.258 e. The number of nitrogens with zero attached hydrogens (tertiary/aromatic N) is 3. The minimum Gasteiger partial charge on any atom is -0.347 e. The fraction of sp³-hybridized carbons (Fsp3) is 0.160. The number of anilines is 2. The molecule has 0 radical (unpaired) electrons. The zero-order valence-electron chi connectivity index (χ0n) is 17.2. The van der Waals surface area contributed by atoms with Gasteiger partial charge in [-0.1, -0.05) is 78.4 Å². The van der Waals surface area contributed by atoms with E-state index < -0.39 is 0 Å². The zero-order valence-corrected chi connectivity index (χ0v) is 17.2. The quantitative estimate of drug-likeness (QED) is 0.498. The number of carbonyl (C=O) groups is 1. The summed E-state index contributed by atoms with van der Waals surface area (Å²) in [5, 5.41) is 11.0. The first-order valence-electron chi connectivity index (χ1n) is 10.4. The molecule has 2 atom stereocenters. The van der Waals surface area contributed by atoms with Gasteiger partial charge in [-0.25, -0.2) is 4.68 Å². The second-order valence-corrected chi connectivity index (χ2v) is 7.79. The van der Waals surface area contributed by atoms with E-state index in [1.54, 1.807) is 12.1 Å². The summed E-state index contributed by atoms with van der Waals surface area (Å²) < 4.78 is 1.87. The molecule has 6 nitrogen and oxygen atoms in total. The van der Waals surface area contributed by atoms with Crippen LogP contribution < -0.4 is 10.6 Å². The van der Waals surface area contributed by atoms with Gasteiger partial charge in [0.1, 0.15) is 0 Å². The Balaban J connectivity index is 1.47. The molecule has 0 aliphatic carbocycles. The van der Waals surface area contributed by atoms with E-state index >= 15 is 0 Å². The first-order valence-corrected chi connectivity index (χ1v) is 10.4. The van der Waals surface area contributed by atoms with E-state index in [-0.39, 0.29) is 18.0 Å². The first-order chi connectivity index (χ1) is 15.2. The standard InChI is InChI=1S/C25H23N5O/c1-17-12-14-20(15-13-17)23(31)27-24-28-25-26-21(18-8-4-2-5-9-18)16-22(30(25)29-24)19-10-6-3-7-11-19/h2-15,21-22H,16H2,1H3,(H2,26,27,28,29,31)/t21-,22+/m0/s1. The summed E-state index contributed by atoms with van der Waals surface area (Å²) in [6.45, 7) is 1.99. The maximum atomic E-state index is 12.7. The third-order valence-corrected chi connectivity index (χ3v) is 5.61. The summed E-state index contributed by atoms with van der Waals surface area (Å²) in [6, 6.07) is 28.2. The Labute approximate surface area is 181 Å². The monoisotopic (exact) mass is 409 g/mol. The highest BCUT2D eigenvalue weighted by Crippen LogP contribution is 2.38. The number of fused-ring (bicyclic) bond motifs is 1. The van der Waals surface area contributed by atoms with E-state index in [2.05, 4.69) is 45.0 Å². The van der Waals surface area contributed by atoms with Crippen LogP contribution in [-0.2, 0) is 0 Å². The molecule has 4 aromatic rings. The van der Waals surface area contributed by atoms with Crippen LogP contribution in [0, 0.1) is 6.92 Å². The second-order valence-electron chi connectivity index (χ2n) is 7.79. The Bertz CT molecular complexity index is 1190. The Kier molecular flexibility index (Phi) is 4.96. The van der Waals surface area contributed by atoms with Gasteiger partial charge in [-0.05, 0) is 36.6 Å². The molecule has 0 saturated heterocycles. The molecule has 31 heavy (non-hydrogen) atoms. The number of nitrogens with one attached hydrogen (secondary N) is 2. The number of hydrogen-bond acceptors (Lipinski definition) is 4. The third-order valence-electron chi connectivity index (χ3n) is 5.61. The summed E-state index contributed by atoms with van der Waals surface area (Å²) in [6.07, 6.45) is 0.829. The number of rotatable bonds is 4. The molecule has 0 fully saturated rings. The van der Waals surface area contributed by atoms with E-state index in [9.17, 15) is 4.79 Å². The number of carbonyl (C=O) groups excluding carboxylic acids is 1. The first kappa shape index (κ1) is 19.1. The summed E-state index contributed by atoms with van der Waals surface area (Å²) in [5.74, 6) is 0.717. The number of aromatic nitrogens is 3. The van der Waals surface area contributed by atoms with Crippen LogP contribution >= 0.6 is 0 Å². The zero-order chi connectivity index (χ0) is 21.2. The van der Waals surface area contributed by atoms with E-state index in [1.165, 1.54) is 5.56 Å². The Morgan fingerprint density at radius 1 is 0.935 bits per heavy atom. The topological polar surface area (TPSA) is 71.8 Å². The van der Waals surface area contributed by atoms with Crippen LogP contribution in [0.2, 0.25) is 0 Å². The molecular formula is C25H23N5O. The number of aryl methyl sites for hydroxylation is 1. The Morgan fingerprint density at radius 3 is 2.26 bits per heavy atom. The van der Waals surface area contributed by atoms with Crippen molar-refractivity contribution in [3.8, 4) is 0 Å². The van der Waals surface area contributed by atoms with Gasteiger partial charge in [0.15, 0.2) is 0 Å². The Morgan fingerprint density at radius 2 is 1.58 bits per heavy atom. The van der Waals surface area contributed by atoms with Gasteiger partial charge in [0.2, 0.25) is 5.95 Å². The molecule has 1 aliphatic rings. The van der Waals surface area contributed by atoms with Gasteiger partial charge >= 0.3 is 0 Å². The van der Waals surface area contributed by atoms with Crippen LogP contribution in [-0.4, -0.2) is 20.7 Å². The number of amides is 1. The molecule has 0 saturated carbocycles. The van der Waals surface area contributed by atoms with Crippen LogP contribution in [0.5, 0.6) is 0 Å². The van der Waals surface area contributed by atoms with Crippen LogP contribution in [0.3, 0.4) is 0 Å². The van der Waals surface area contributed by atoms with E-state index in [0.29, 0.717) is 17.5 Å². The highest BCUT2D eigenvalue weighted by atomic mass is 16.1. The number of hydrogen-bond donors (Lipinski definition) is 2. The molecule has 154 valence electrons. The van der Waals surface area contributed by atoms with Crippen molar-refractivity contribution < 1.29 is 4.79 Å². The summed E-state index contributed by atoms with van der Waals surface area (Å²) >= 11 is 0. The molecule has 6 heteroatoms. The van der Waals surface area contributed by atoms with Crippen molar-refractivity contribution in [2.45, 2.75) is 25.4 Å². The van der Waals surface area contributed by atoms with Gasteiger partial charge in [0, 0.05) is 5.56 Å². The van der Waals surface area contributed by atoms with Crippen molar-refractivity contribution in [2.24, 2.45) is 0 Å². The van der Waals surface area contributed by atoms with Gasteiger partial charge in [-0.15, -0.1) is 5.10 Å². The highest BCUT2D eigenvalue weighted by Gasteiger charge is 2.31. The minimum absolute atomic E-state index is 0.0141. The van der Waals surface area contributed by atoms with Crippen molar-refractivity contribution in [2.75, 3.05) is 10.6 Å². The molecule has 0 unspecified atom stereocenters. The lowest BCUT2D eigenvalue weighted by molar-refractivity contribution is 0.102. The largest absolute Gasteiger partial charge is 0.347 e. The second kappa shape index (κ2) is 8.07. The lowest BCUT2D eigenvalue weighted by Gasteiger charge is -2.31. The van der Waals surface area contributed by atoms with Gasteiger partial charge in [-0.2, -0.15) is 4.98 Å². The fourth-order valence-corrected chi connectivity index (χ4v) is 3.97. The lowest BCUT2D eigenvalue weighted by Crippen LogP contribution is -2.28. The van der Waals surface area contributed by atoms with Gasteiger partial charge in [0.25, 0.3) is 11.9 Å². The maximum absolute atomic E-state index is 12.7. The fourth-order valence-electron chi connectivity index (χ4n) is 3.97. The summed E-state index contributed by atoms with van der Waals surface area (Å²) in [5.41, 5.74) is 4.04. The van der Waals surface area contributed by atoms with Crippen molar-refractivity contribution in [3.63, 3.8) is 0 Å². The maximum Gasteiger partial charge on any atom is 0.258 e. The predicted molar refractivity (Wildman–Crippen MR) is 121 cm³/mol. The highest BCUT2D eigenvalue weighted by molar-refractivity contribution is 6.03. The molecule has 1 amide bonds. The normalized spacial score (nSPS) is 17.5. The predicted octanol–water partition coefficient (Wildman–Crippen LogP) is 4.99. The molecule has 5 rings (SSSR count). The molecule has 0 bridgehead atoms. The van der Waals surface area contributed by atoms with E-state index in [1.807, 2.05) is 60.1 Å². The molecule has 2 heterocycles. The van der Waals surface area contributed by atoms with Crippen LogP contribution in [0.1, 0.15) is 45.6 Å². The van der Waals surface area contributed by atoms with Gasteiger partial charge in [0.05, 0.1) is 12.1 Å². The van der Waals surface area contributed by atoms with Crippen molar-refractivity contribution in [3.05, 3.63) is 107 Å². The van der Waals surface area contributed by atoms with Gasteiger partial charge < -0.3 is 5.32 Å². The lowest BCUT2D eigenvalue weighted by atomic mass is 9.93. The Hall–Kier alpha value is -3.93. The van der Waals surface area contributed by atoms with Crippen molar-refractivity contribution >= 4 is 17.8 Å². The van der Waals surface area contributed by atoms with Crippen LogP contribution in [0.25, 0.3) is 0 Å². The average Bonchev–Trinajstić information content (AvgIpc) is 3.22. The molecule has 1 aromatic heterocycles. The van der Waals surface area contributed by atoms with E-state index in [0.717, 1.165) is 17.5 Å². The molecular weight excluding hydrogens is 386 g/mol. The SMILES string of the molecule is Cc1ccc(C(=O)Nc2nc3n(n2)[C@@H](c2ccccc2)C[C@@H](c2ccccc2)N3)cc1. The summed E-state index contributed by atoms with van der Waals surface area (Å²) in [7, 11) is 0. The van der Waals surface area contributed by atoms with Crippen LogP contribution in [0.15, 0.2) is 84.9 Å². The van der Waals surface area contributed by atoms with Crippen molar-refractivity contribution in [1.29, 1.82) is 0 Å². The molecule has 0 spiro atoms. The minimum atomic E-state index is -0.223. The van der Waals surface area contributed by atoms with Gasteiger partial charge in [-0.3, -0.25) is 10.1 Å². The third kappa shape index (κ3) is 3.92. The van der Waals surface area contributed by atoms with Crippen LogP contribution in [0.4, 0.5) is 11.9 Å². The molecule has 2 N–H and O–H groups in total. The average molecular weight is 409 g/mol.